The molecule has 2 rings (SSSR count). The summed E-state index contributed by atoms with van der Waals surface area (Å²) in [6.45, 7) is 8.83. The fraction of sp³-hybridized carbons (Fsp3) is 0.636. The van der Waals surface area contributed by atoms with Gasteiger partial charge in [-0.2, -0.15) is 0 Å². The van der Waals surface area contributed by atoms with E-state index in [4.69, 9.17) is 0 Å². The van der Waals surface area contributed by atoms with E-state index >= 15 is 0 Å². The molecule has 0 aliphatic carbocycles. The second-order valence-electron chi connectivity index (χ2n) is 8.01. The van der Waals surface area contributed by atoms with Crippen molar-refractivity contribution in [1.82, 2.24) is 4.90 Å². The van der Waals surface area contributed by atoms with Crippen molar-refractivity contribution in [2.45, 2.75) is 77.2 Å². The van der Waals surface area contributed by atoms with Crippen molar-refractivity contribution < 1.29 is 18.0 Å². The molecule has 0 saturated carbocycles. The van der Waals surface area contributed by atoms with Gasteiger partial charge in [0, 0.05) is 36.9 Å². The summed E-state index contributed by atoms with van der Waals surface area (Å²) in [6, 6.07) is 3.33. The molecule has 1 atom stereocenters. The topological polar surface area (TPSA) is 74.8 Å². The highest BCUT2D eigenvalue weighted by Crippen LogP contribution is 2.40. The molecule has 0 saturated heterocycles. The van der Waals surface area contributed by atoms with Crippen LogP contribution in [0.4, 0.5) is 5.69 Å². The summed E-state index contributed by atoms with van der Waals surface area (Å²) in [7, 11) is -3.74. The van der Waals surface area contributed by atoms with Crippen LogP contribution in [-0.2, 0) is 25.8 Å². The maximum Gasteiger partial charge on any atom is 0.224 e. The molecule has 0 radical (unpaired) electrons. The van der Waals surface area contributed by atoms with Crippen molar-refractivity contribution in [3.63, 3.8) is 0 Å². The second-order valence-corrected chi connectivity index (χ2v) is 11.0. The minimum atomic E-state index is -3.74. The third-order valence-corrected chi connectivity index (χ3v) is 7.67. The molecule has 0 unspecified atom stereocenters. The van der Waals surface area contributed by atoms with Crippen molar-refractivity contribution in [3.8, 4) is 0 Å². The fourth-order valence-electron chi connectivity index (χ4n) is 3.94. The number of carbonyl (C=O) groups excluding carboxylic acids is 2. The van der Waals surface area contributed by atoms with E-state index in [2.05, 4.69) is 29.8 Å². The van der Waals surface area contributed by atoms with Gasteiger partial charge >= 0.3 is 0 Å². The molecule has 1 aliphatic heterocycles. The molecule has 0 N–H and O–H groups in total. The Hall–Kier alpha value is -1.41. The molecule has 1 heterocycles. The van der Waals surface area contributed by atoms with E-state index in [-0.39, 0.29) is 34.9 Å². The zero-order valence-electron chi connectivity index (χ0n) is 18.4. The van der Waals surface area contributed by atoms with Gasteiger partial charge in [-0.3, -0.25) is 9.59 Å². The lowest BCUT2D eigenvalue weighted by atomic mass is 10.1. The number of amides is 2. The number of sulfone groups is 1. The average Bonchev–Trinajstić information content (AvgIpc) is 3.01. The van der Waals surface area contributed by atoms with Gasteiger partial charge in [0.15, 0.2) is 9.84 Å². The zero-order valence-corrected chi connectivity index (χ0v) is 20.8. The lowest BCUT2D eigenvalue weighted by molar-refractivity contribution is -0.131. The van der Waals surface area contributed by atoms with Gasteiger partial charge in [0.25, 0.3) is 0 Å². The third kappa shape index (κ3) is 5.84. The first kappa shape index (κ1) is 24.9. The number of halogens is 1. The molecule has 8 heteroatoms. The molecule has 0 aromatic heterocycles. The molecule has 168 valence electrons. The molecule has 0 fully saturated rings. The van der Waals surface area contributed by atoms with Crippen molar-refractivity contribution in [2.75, 3.05) is 23.7 Å². The second kappa shape index (κ2) is 10.8. The Labute approximate surface area is 189 Å². The minimum absolute atomic E-state index is 0.0489. The van der Waals surface area contributed by atoms with Crippen LogP contribution in [0.2, 0.25) is 0 Å². The van der Waals surface area contributed by atoms with Crippen LogP contribution in [0.15, 0.2) is 21.5 Å². The van der Waals surface area contributed by atoms with Crippen molar-refractivity contribution in [2.24, 2.45) is 0 Å². The number of anilines is 1. The third-order valence-electron chi connectivity index (χ3n) is 5.49. The lowest BCUT2D eigenvalue weighted by Gasteiger charge is -2.24. The van der Waals surface area contributed by atoms with E-state index < -0.39 is 9.84 Å². The first-order chi connectivity index (χ1) is 14.1. The minimum Gasteiger partial charge on any atom is -0.343 e. The van der Waals surface area contributed by atoms with Crippen LogP contribution in [0.3, 0.4) is 0 Å². The maximum atomic E-state index is 13.2. The van der Waals surface area contributed by atoms with Crippen LogP contribution >= 0.6 is 15.9 Å². The highest BCUT2D eigenvalue weighted by atomic mass is 79.9. The Morgan fingerprint density at radius 2 is 1.77 bits per heavy atom. The number of fused-ring (bicyclic) bond motifs is 1. The van der Waals surface area contributed by atoms with Gasteiger partial charge in [-0.05, 0) is 43.9 Å². The molecule has 30 heavy (non-hydrogen) atoms. The number of carbonyl (C=O) groups is 2. The average molecular weight is 501 g/mol. The Kier molecular flexibility index (Phi) is 8.91. The maximum absolute atomic E-state index is 13.2. The van der Waals surface area contributed by atoms with E-state index in [0.29, 0.717) is 29.7 Å². The van der Waals surface area contributed by atoms with Crippen LogP contribution in [0.25, 0.3) is 0 Å². The number of hydrogen-bond donors (Lipinski definition) is 0. The van der Waals surface area contributed by atoms with Crippen LogP contribution in [0.5, 0.6) is 0 Å². The molecular weight excluding hydrogens is 468 g/mol. The summed E-state index contributed by atoms with van der Waals surface area (Å²) in [4.78, 5) is 28.4. The standard InChI is InChI=1S/C22H33BrN2O4S/c1-5-7-10-24(11-8-6-2)21(27)9-12-30(28,29)20-15-19(23)14-18-13-16(3)25(17(4)26)22(18)20/h14-16H,5-13H2,1-4H3/t16-/m0/s1. The molecule has 0 bridgehead atoms. The summed E-state index contributed by atoms with van der Waals surface area (Å²) in [5, 5.41) is 0. The first-order valence-corrected chi connectivity index (χ1v) is 13.2. The highest BCUT2D eigenvalue weighted by molar-refractivity contribution is 9.10. The number of benzene rings is 1. The SMILES string of the molecule is CCCCN(CCCC)C(=O)CCS(=O)(=O)c1cc(Br)cc2c1N(C(C)=O)[C@@H](C)C2. The zero-order chi connectivity index (χ0) is 22.5. The molecular formula is C22H33BrN2O4S. The highest BCUT2D eigenvalue weighted by Gasteiger charge is 2.35. The van der Waals surface area contributed by atoms with Gasteiger partial charge in [0.2, 0.25) is 11.8 Å². The van der Waals surface area contributed by atoms with Gasteiger partial charge < -0.3 is 9.80 Å². The predicted octanol–water partition coefficient (Wildman–Crippen LogP) is 4.34. The largest absolute Gasteiger partial charge is 0.343 e. The van der Waals surface area contributed by atoms with Gasteiger partial charge in [-0.1, -0.05) is 42.6 Å². The fourth-order valence-corrected chi connectivity index (χ4v) is 6.09. The summed E-state index contributed by atoms with van der Waals surface area (Å²) in [5.74, 6) is -0.561. The van der Waals surface area contributed by atoms with Crippen molar-refractivity contribution >= 4 is 43.3 Å². The normalized spacial score (nSPS) is 15.9. The Morgan fingerprint density at radius 3 is 2.30 bits per heavy atom. The Bertz CT molecular complexity index is 877. The lowest BCUT2D eigenvalue weighted by Crippen LogP contribution is -2.35. The van der Waals surface area contributed by atoms with Gasteiger partial charge in [-0.25, -0.2) is 8.42 Å². The number of hydrogen-bond acceptors (Lipinski definition) is 4. The van der Waals surface area contributed by atoms with Crippen LogP contribution in [0, 0.1) is 0 Å². The van der Waals surface area contributed by atoms with Gasteiger partial charge in [0.05, 0.1) is 16.3 Å². The quantitative estimate of drug-likeness (QED) is 0.478. The molecule has 1 aromatic rings. The summed E-state index contributed by atoms with van der Waals surface area (Å²) < 4.78 is 27.2. The predicted molar refractivity (Wildman–Crippen MR) is 124 cm³/mol. The van der Waals surface area contributed by atoms with E-state index in [9.17, 15) is 18.0 Å². The number of nitrogens with zero attached hydrogens (tertiary/aromatic N) is 2. The molecule has 0 spiro atoms. The summed E-state index contributed by atoms with van der Waals surface area (Å²) in [5.41, 5.74) is 1.31. The Morgan fingerprint density at radius 1 is 1.17 bits per heavy atom. The van der Waals surface area contributed by atoms with Crippen LogP contribution < -0.4 is 4.90 Å². The molecule has 6 nitrogen and oxygen atoms in total. The Balaban J connectivity index is 2.26. The summed E-state index contributed by atoms with van der Waals surface area (Å²) >= 11 is 3.40. The van der Waals surface area contributed by atoms with Gasteiger partial charge in [0.1, 0.15) is 0 Å². The number of rotatable bonds is 10. The number of unbranched alkanes of at least 4 members (excludes halogenated alkanes) is 2. The van der Waals surface area contributed by atoms with Gasteiger partial charge in [-0.15, -0.1) is 0 Å². The monoisotopic (exact) mass is 500 g/mol. The van der Waals surface area contributed by atoms with Crippen LogP contribution in [0.1, 0.15) is 65.4 Å². The van der Waals surface area contributed by atoms with E-state index in [1.165, 1.54) is 6.92 Å². The summed E-state index contributed by atoms with van der Waals surface area (Å²) in [6.07, 6.45) is 4.35. The van der Waals surface area contributed by atoms with Crippen molar-refractivity contribution in [1.29, 1.82) is 0 Å². The molecule has 2 amide bonds. The van der Waals surface area contributed by atoms with Crippen molar-refractivity contribution in [3.05, 3.63) is 22.2 Å². The van der Waals surface area contributed by atoms with Crippen LogP contribution in [-0.4, -0.2) is 50.0 Å². The smallest absolute Gasteiger partial charge is 0.224 e. The first-order valence-electron chi connectivity index (χ1n) is 10.7. The van der Waals surface area contributed by atoms with E-state index in [1.54, 1.807) is 15.9 Å². The molecule has 1 aliphatic rings. The van der Waals surface area contributed by atoms with E-state index in [1.807, 2.05) is 13.0 Å². The van der Waals surface area contributed by atoms with E-state index in [0.717, 1.165) is 31.2 Å². The molecule has 1 aromatic carbocycles.